The van der Waals surface area contributed by atoms with Crippen molar-refractivity contribution in [3.63, 3.8) is 0 Å². The molecule has 2 rings (SSSR count). The number of methoxy groups -OCH3 is 1. The van der Waals surface area contributed by atoms with Crippen LogP contribution in [-0.2, 0) is 27.7 Å². The summed E-state index contributed by atoms with van der Waals surface area (Å²) < 4.78 is 32.8. The van der Waals surface area contributed by atoms with Crippen molar-refractivity contribution < 1.29 is 13.2 Å². The molecule has 1 aromatic heterocycles. The van der Waals surface area contributed by atoms with E-state index in [4.69, 9.17) is 4.74 Å². The van der Waals surface area contributed by atoms with Gasteiger partial charge in [-0.2, -0.15) is 0 Å². The Kier molecular flexibility index (Phi) is 7.85. The Balaban J connectivity index is 2.12. The summed E-state index contributed by atoms with van der Waals surface area (Å²) in [6.45, 7) is 11.8. The lowest BCUT2D eigenvalue weighted by molar-refractivity contribution is 0.181. The van der Waals surface area contributed by atoms with Crippen LogP contribution in [0.1, 0.15) is 39.3 Å². The molecule has 1 fully saturated rings. The highest BCUT2D eigenvalue weighted by molar-refractivity contribution is 7.91. The summed E-state index contributed by atoms with van der Waals surface area (Å²) in [4.78, 5) is 9.02. The van der Waals surface area contributed by atoms with Gasteiger partial charge >= 0.3 is 0 Å². The van der Waals surface area contributed by atoms with Crippen LogP contribution in [0.5, 0.6) is 0 Å². The van der Waals surface area contributed by atoms with Gasteiger partial charge in [0.25, 0.3) is 0 Å². The maximum absolute atomic E-state index is 12.9. The number of hydrogen-bond acceptors (Lipinski definition) is 6. The number of likely N-dealkylation sites (tertiary alicyclic amines) is 1. The van der Waals surface area contributed by atoms with E-state index >= 15 is 0 Å². The number of ether oxygens (including phenoxy) is 1. The molecule has 0 unspecified atom stereocenters. The monoisotopic (exact) mass is 400 g/mol. The standard InChI is InChI=1S/C19H36N4O3S/c1-19(2,3)16-27(24,25)18-20-14-17(23(18)12-13-26-5)15-21(4)10-11-22-8-6-7-9-22/h14H,6-13,15-16H2,1-5H3. The van der Waals surface area contributed by atoms with Gasteiger partial charge in [0.2, 0.25) is 15.0 Å². The molecule has 1 saturated heterocycles. The Morgan fingerprint density at radius 3 is 2.48 bits per heavy atom. The molecule has 27 heavy (non-hydrogen) atoms. The highest BCUT2D eigenvalue weighted by Gasteiger charge is 2.29. The van der Waals surface area contributed by atoms with E-state index in [9.17, 15) is 8.42 Å². The van der Waals surface area contributed by atoms with Crippen molar-refractivity contribution >= 4 is 9.84 Å². The van der Waals surface area contributed by atoms with Crippen molar-refractivity contribution in [2.75, 3.05) is 52.7 Å². The van der Waals surface area contributed by atoms with Gasteiger partial charge in [-0.3, -0.25) is 4.90 Å². The minimum Gasteiger partial charge on any atom is -0.383 e. The molecule has 0 radical (unpaired) electrons. The molecule has 0 amide bonds. The van der Waals surface area contributed by atoms with Gasteiger partial charge in [-0.15, -0.1) is 0 Å². The third-order valence-electron chi connectivity index (χ3n) is 4.75. The maximum Gasteiger partial charge on any atom is 0.227 e. The first-order valence-corrected chi connectivity index (χ1v) is 11.4. The van der Waals surface area contributed by atoms with Crippen LogP contribution in [0.15, 0.2) is 11.4 Å². The van der Waals surface area contributed by atoms with E-state index in [0.717, 1.165) is 18.8 Å². The Bertz CT molecular complexity index is 688. The summed E-state index contributed by atoms with van der Waals surface area (Å²) in [7, 11) is 0.254. The lowest BCUT2D eigenvalue weighted by atomic mass is 10.0. The smallest absolute Gasteiger partial charge is 0.227 e. The predicted molar refractivity (Wildman–Crippen MR) is 108 cm³/mol. The predicted octanol–water partition coefficient (Wildman–Crippen LogP) is 1.88. The van der Waals surface area contributed by atoms with E-state index < -0.39 is 9.84 Å². The summed E-state index contributed by atoms with van der Waals surface area (Å²) in [6.07, 6.45) is 4.29. The van der Waals surface area contributed by atoms with Gasteiger partial charge < -0.3 is 14.2 Å². The van der Waals surface area contributed by atoms with Crippen molar-refractivity contribution in [1.82, 2.24) is 19.4 Å². The molecular weight excluding hydrogens is 364 g/mol. The van der Waals surface area contributed by atoms with Gasteiger partial charge in [0.05, 0.1) is 24.3 Å². The van der Waals surface area contributed by atoms with E-state index in [-0.39, 0.29) is 16.3 Å². The normalized spacial score (nSPS) is 16.5. The van der Waals surface area contributed by atoms with E-state index in [1.807, 2.05) is 25.3 Å². The SMILES string of the molecule is COCCn1c(CN(C)CCN2CCCC2)cnc1S(=O)(=O)CC(C)(C)C. The largest absolute Gasteiger partial charge is 0.383 e. The highest BCUT2D eigenvalue weighted by atomic mass is 32.2. The maximum atomic E-state index is 12.9. The van der Waals surface area contributed by atoms with Crippen LogP contribution in [-0.4, -0.2) is 80.5 Å². The Morgan fingerprint density at radius 1 is 1.22 bits per heavy atom. The number of aromatic nitrogens is 2. The third-order valence-corrected chi connectivity index (χ3v) is 6.88. The molecule has 0 aromatic carbocycles. The average Bonchev–Trinajstić information content (AvgIpc) is 3.18. The van der Waals surface area contributed by atoms with Crippen molar-refractivity contribution in [2.24, 2.45) is 5.41 Å². The first-order valence-electron chi connectivity index (χ1n) is 9.79. The van der Waals surface area contributed by atoms with E-state index in [0.29, 0.717) is 19.7 Å². The molecule has 0 N–H and O–H groups in total. The summed E-state index contributed by atoms with van der Waals surface area (Å²) in [5, 5.41) is 0.164. The van der Waals surface area contributed by atoms with Crippen LogP contribution in [0.2, 0.25) is 0 Å². The molecule has 156 valence electrons. The Labute approximate surface area is 164 Å². The van der Waals surface area contributed by atoms with Crippen LogP contribution < -0.4 is 0 Å². The van der Waals surface area contributed by atoms with Crippen LogP contribution in [0.25, 0.3) is 0 Å². The van der Waals surface area contributed by atoms with Gasteiger partial charge in [0, 0.05) is 33.3 Å². The third kappa shape index (κ3) is 6.85. The zero-order valence-corrected chi connectivity index (χ0v) is 18.4. The molecule has 2 heterocycles. The number of sulfone groups is 1. The summed E-state index contributed by atoms with van der Waals surface area (Å²) in [6, 6.07) is 0. The molecule has 1 aromatic rings. The molecule has 8 heteroatoms. The minimum atomic E-state index is -3.45. The fourth-order valence-electron chi connectivity index (χ4n) is 3.50. The zero-order valence-electron chi connectivity index (χ0n) is 17.6. The lowest BCUT2D eigenvalue weighted by Crippen LogP contribution is -2.32. The number of imidazole rings is 1. The minimum absolute atomic E-state index is 0.0776. The van der Waals surface area contributed by atoms with E-state index in [2.05, 4.69) is 21.8 Å². The molecule has 0 atom stereocenters. The second-order valence-corrected chi connectivity index (χ2v) is 10.7. The highest BCUT2D eigenvalue weighted by Crippen LogP contribution is 2.22. The number of nitrogens with zero attached hydrogens (tertiary/aromatic N) is 4. The molecule has 0 bridgehead atoms. The number of hydrogen-bond donors (Lipinski definition) is 0. The van der Waals surface area contributed by atoms with Crippen LogP contribution >= 0.6 is 0 Å². The van der Waals surface area contributed by atoms with Crippen molar-refractivity contribution in [1.29, 1.82) is 0 Å². The molecule has 7 nitrogen and oxygen atoms in total. The van der Waals surface area contributed by atoms with Crippen LogP contribution in [0, 0.1) is 5.41 Å². The first kappa shape index (κ1) is 22.3. The molecule has 0 aliphatic carbocycles. The van der Waals surface area contributed by atoms with Gasteiger partial charge in [-0.1, -0.05) is 20.8 Å². The van der Waals surface area contributed by atoms with E-state index in [1.54, 1.807) is 13.3 Å². The van der Waals surface area contributed by atoms with Crippen LogP contribution in [0.4, 0.5) is 0 Å². The van der Waals surface area contributed by atoms with Gasteiger partial charge in [0.15, 0.2) is 0 Å². The molecular formula is C19H36N4O3S. The number of likely N-dealkylation sites (N-methyl/N-ethyl adjacent to an activating group) is 1. The van der Waals surface area contributed by atoms with Gasteiger partial charge in [-0.05, 0) is 38.4 Å². The van der Waals surface area contributed by atoms with Crippen molar-refractivity contribution in [3.8, 4) is 0 Å². The molecule has 1 aliphatic rings. The summed E-state index contributed by atoms with van der Waals surface area (Å²) in [5.74, 6) is 0.0776. The zero-order chi connectivity index (χ0) is 20.1. The fraction of sp³-hybridized carbons (Fsp3) is 0.842. The topological polar surface area (TPSA) is 67.7 Å². The van der Waals surface area contributed by atoms with Gasteiger partial charge in [-0.25, -0.2) is 13.4 Å². The second-order valence-electron chi connectivity index (χ2n) is 8.78. The lowest BCUT2D eigenvalue weighted by Gasteiger charge is -2.22. The summed E-state index contributed by atoms with van der Waals surface area (Å²) in [5.41, 5.74) is 0.604. The van der Waals surface area contributed by atoms with Gasteiger partial charge in [0.1, 0.15) is 0 Å². The molecule has 1 aliphatic heterocycles. The first-order chi connectivity index (χ1) is 12.6. The summed E-state index contributed by atoms with van der Waals surface area (Å²) >= 11 is 0. The fourth-order valence-corrected chi connectivity index (χ4v) is 5.52. The number of rotatable bonds is 10. The Morgan fingerprint density at radius 2 is 1.89 bits per heavy atom. The second kappa shape index (κ2) is 9.49. The molecule has 0 spiro atoms. The van der Waals surface area contributed by atoms with Crippen molar-refractivity contribution in [2.45, 2.75) is 51.9 Å². The van der Waals surface area contributed by atoms with Crippen LogP contribution in [0.3, 0.4) is 0 Å². The molecule has 0 saturated carbocycles. The van der Waals surface area contributed by atoms with Crippen molar-refractivity contribution in [3.05, 3.63) is 11.9 Å². The van der Waals surface area contributed by atoms with E-state index in [1.165, 1.54) is 25.9 Å². The quantitative estimate of drug-likeness (QED) is 0.597. The Hall–Kier alpha value is -0.960. The average molecular weight is 401 g/mol.